The van der Waals surface area contributed by atoms with E-state index in [0.717, 1.165) is 17.0 Å². The molecule has 2 N–H and O–H groups in total. The van der Waals surface area contributed by atoms with Crippen molar-refractivity contribution in [3.05, 3.63) is 24.3 Å². The van der Waals surface area contributed by atoms with Crippen LogP contribution in [0.1, 0.15) is 13.8 Å². The van der Waals surface area contributed by atoms with Gasteiger partial charge in [-0.15, -0.1) is 0 Å². The number of benzene rings is 1. The van der Waals surface area contributed by atoms with Gasteiger partial charge in [-0.2, -0.15) is 0 Å². The fraction of sp³-hybridized carbons (Fsp3) is 0.462. The van der Waals surface area contributed by atoms with Crippen molar-refractivity contribution in [1.29, 1.82) is 0 Å². The fourth-order valence-electron chi connectivity index (χ4n) is 1.75. The van der Waals surface area contributed by atoms with E-state index < -0.39 is 0 Å². The van der Waals surface area contributed by atoms with Gasteiger partial charge in [0.2, 0.25) is 5.95 Å². The van der Waals surface area contributed by atoms with E-state index in [1.165, 1.54) is 0 Å². The number of aromatic amines is 1. The zero-order chi connectivity index (χ0) is 12.8. The summed E-state index contributed by atoms with van der Waals surface area (Å²) in [5.74, 6) is 0.737. The molecule has 0 aliphatic heterocycles. The van der Waals surface area contributed by atoms with Crippen LogP contribution in [0.4, 0.5) is 5.95 Å². The average Bonchev–Trinajstić information content (AvgIpc) is 2.79. The fourth-order valence-corrected chi connectivity index (χ4v) is 1.75. The molecule has 0 aliphatic carbocycles. The highest BCUT2D eigenvalue weighted by atomic mass is 16.7. The van der Waals surface area contributed by atoms with Gasteiger partial charge in [-0.05, 0) is 26.0 Å². The van der Waals surface area contributed by atoms with E-state index >= 15 is 0 Å². The molecular weight excluding hydrogens is 230 g/mol. The molecule has 5 nitrogen and oxygen atoms in total. The molecule has 0 unspecified atom stereocenters. The van der Waals surface area contributed by atoms with Crippen LogP contribution in [0.5, 0.6) is 0 Å². The van der Waals surface area contributed by atoms with Gasteiger partial charge in [0, 0.05) is 13.2 Å². The predicted molar refractivity (Wildman–Crippen MR) is 71.6 cm³/mol. The van der Waals surface area contributed by atoms with Gasteiger partial charge in [0.05, 0.1) is 17.6 Å². The standard InChI is InChI=1S/C13H19N3O2/c1-3-17-12(18-4-2)9-14-13-15-10-7-5-6-8-11(10)16-13/h5-8,12H,3-4,9H2,1-2H3,(H2,14,15,16). The highest BCUT2D eigenvalue weighted by Gasteiger charge is 2.08. The number of H-pyrrole nitrogens is 1. The zero-order valence-corrected chi connectivity index (χ0v) is 10.8. The number of hydrogen-bond acceptors (Lipinski definition) is 4. The minimum atomic E-state index is -0.242. The molecule has 1 heterocycles. The van der Waals surface area contributed by atoms with Crippen molar-refractivity contribution in [2.24, 2.45) is 0 Å². The van der Waals surface area contributed by atoms with Crippen LogP contribution >= 0.6 is 0 Å². The molecule has 5 heteroatoms. The van der Waals surface area contributed by atoms with Crippen molar-refractivity contribution in [3.8, 4) is 0 Å². The van der Waals surface area contributed by atoms with Gasteiger partial charge in [-0.25, -0.2) is 4.98 Å². The Morgan fingerprint density at radius 2 is 1.94 bits per heavy atom. The van der Waals surface area contributed by atoms with E-state index in [2.05, 4.69) is 15.3 Å². The topological polar surface area (TPSA) is 59.2 Å². The molecule has 0 saturated heterocycles. The second kappa shape index (κ2) is 6.37. The van der Waals surface area contributed by atoms with Crippen molar-refractivity contribution in [2.45, 2.75) is 20.1 Å². The van der Waals surface area contributed by atoms with E-state index in [1.807, 2.05) is 38.1 Å². The molecule has 0 spiro atoms. The van der Waals surface area contributed by atoms with Crippen LogP contribution in [0.2, 0.25) is 0 Å². The summed E-state index contributed by atoms with van der Waals surface area (Å²) in [6, 6.07) is 7.92. The maximum Gasteiger partial charge on any atom is 0.201 e. The molecule has 0 radical (unpaired) electrons. The Labute approximate surface area is 107 Å². The van der Waals surface area contributed by atoms with Gasteiger partial charge < -0.3 is 19.8 Å². The van der Waals surface area contributed by atoms with Gasteiger partial charge in [-0.1, -0.05) is 12.1 Å². The number of anilines is 1. The second-order valence-corrected chi connectivity index (χ2v) is 3.82. The van der Waals surface area contributed by atoms with Crippen molar-refractivity contribution in [3.63, 3.8) is 0 Å². The Balaban J connectivity index is 1.95. The number of nitrogens with one attached hydrogen (secondary N) is 2. The van der Waals surface area contributed by atoms with Crippen molar-refractivity contribution in [1.82, 2.24) is 9.97 Å². The molecule has 1 aromatic heterocycles. The summed E-state index contributed by atoms with van der Waals surface area (Å²) in [6.07, 6.45) is -0.242. The van der Waals surface area contributed by atoms with Crippen LogP contribution in [0.15, 0.2) is 24.3 Å². The Morgan fingerprint density at radius 3 is 2.61 bits per heavy atom. The Hall–Kier alpha value is -1.59. The SMILES string of the molecule is CCOC(CNc1nc2ccccc2[nH]1)OCC. The van der Waals surface area contributed by atoms with Crippen LogP contribution in [-0.2, 0) is 9.47 Å². The van der Waals surface area contributed by atoms with Crippen LogP contribution in [0.3, 0.4) is 0 Å². The highest BCUT2D eigenvalue weighted by Crippen LogP contribution is 2.13. The van der Waals surface area contributed by atoms with E-state index in [0.29, 0.717) is 19.8 Å². The smallest absolute Gasteiger partial charge is 0.201 e. The van der Waals surface area contributed by atoms with Crippen LogP contribution in [-0.4, -0.2) is 36.0 Å². The average molecular weight is 249 g/mol. The molecule has 0 bridgehead atoms. The Morgan fingerprint density at radius 1 is 1.22 bits per heavy atom. The molecule has 1 aromatic carbocycles. The summed E-state index contributed by atoms with van der Waals surface area (Å²) in [7, 11) is 0. The summed E-state index contributed by atoms with van der Waals surface area (Å²) in [4.78, 5) is 7.63. The third-order valence-corrected chi connectivity index (χ3v) is 2.53. The first-order chi connectivity index (χ1) is 8.83. The Kier molecular flexibility index (Phi) is 4.55. The maximum atomic E-state index is 5.45. The molecule has 0 aliphatic rings. The number of nitrogens with zero attached hydrogens (tertiary/aromatic N) is 1. The number of ether oxygens (including phenoxy) is 2. The molecule has 18 heavy (non-hydrogen) atoms. The van der Waals surface area contributed by atoms with Crippen molar-refractivity contribution >= 4 is 17.0 Å². The third kappa shape index (κ3) is 3.21. The van der Waals surface area contributed by atoms with E-state index in [1.54, 1.807) is 0 Å². The third-order valence-electron chi connectivity index (χ3n) is 2.53. The van der Waals surface area contributed by atoms with Gasteiger partial charge in [0.15, 0.2) is 6.29 Å². The molecule has 98 valence electrons. The number of aromatic nitrogens is 2. The predicted octanol–water partition coefficient (Wildman–Crippen LogP) is 2.37. The lowest BCUT2D eigenvalue weighted by molar-refractivity contribution is -0.126. The van der Waals surface area contributed by atoms with Gasteiger partial charge in [0.25, 0.3) is 0 Å². The van der Waals surface area contributed by atoms with Crippen molar-refractivity contribution < 1.29 is 9.47 Å². The van der Waals surface area contributed by atoms with Gasteiger partial charge in [0.1, 0.15) is 0 Å². The van der Waals surface area contributed by atoms with Crippen molar-refractivity contribution in [2.75, 3.05) is 25.1 Å². The quantitative estimate of drug-likeness (QED) is 0.740. The number of rotatable bonds is 7. The number of para-hydroxylation sites is 2. The molecule has 2 aromatic rings. The molecule has 0 amide bonds. The largest absolute Gasteiger partial charge is 0.351 e. The first-order valence-electron chi connectivity index (χ1n) is 6.25. The highest BCUT2D eigenvalue weighted by molar-refractivity contribution is 5.77. The summed E-state index contributed by atoms with van der Waals surface area (Å²) in [6.45, 7) is 5.74. The van der Waals surface area contributed by atoms with E-state index in [4.69, 9.17) is 9.47 Å². The first-order valence-corrected chi connectivity index (χ1v) is 6.25. The minimum Gasteiger partial charge on any atom is -0.351 e. The zero-order valence-electron chi connectivity index (χ0n) is 10.8. The Bertz CT molecular complexity index is 445. The summed E-state index contributed by atoms with van der Waals surface area (Å²) >= 11 is 0. The van der Waals surface area contributed by atoms with Gasteiger partial charge in [-0.3, -0.25) is 0 Å². The molecular formula is C13H19N3O2. The second-order valence-electron chi connectivity index (χ2n) is 3.82. The van der Waals surface area contributed by atoms with Crippen LogP contribution in [0, 0.1) is 0 Å². The first kappa shape index (κ1) is 12.9. The number of hydrogen-bond donors (Lipinski definition) is 2. The summed E-state index contributed by atoms with van der Waals surface area (Å²) < 4.78 is 10.9. The van der Waals surface area contributed by atoms with E-state index in [9.17, 15) is 0 Å². The number of fused-ring (bicyclic) bond motifs is 1. The molecule has 0 atom stereocenters. The van der Waals surface area contributed by atoms with Crippen LogP contribution in [0.25, 0.3) is 11.0 Å². The minimum absolute atomic E-state index is 0.242. The lowest BCUT2D eigenvalue weighted by Gasteiger charge is -2.16. The summed E-state index contributed by atoms with van der Waals surface area (Å²) in [5, 5.41) is 3.19. The van der Waals surface area contributed by atoms with E-state index in [-0.39, 0.29) is 6.29 Å². The maximum absolute atomic E-state index is 5.45. The number of imidazole rings is 1. The lowest BCUT2D eigenvalue weighted by Crippen LogP contribution is -2.26. The van der Waals surface area contributed by atoms with Crippen LogP contribution < -0.4 is 5.32 Å². The lowest BCUT2D eigenvalue weighted by atomic mass is 10.3. The molecule has 0 fully saturated rings. The normalized spacial score (nSPS) is 11.3. The molecule has 0 saturated carbocycles. The summed E-state index contributed by atoms with van der Waals surface area (Å²) in [5.41, 5.74) is 1.97. The molecule has 2 rings (SSSR count). The van der Waals surface area contributed by atoms with Gasteiger partial charge >= 0.3 is 0 Å². The monoisotopic (exact) mass is 249 g/mol.